The van der Waals surface area contributed by atoms with Gasteiger partial charge in [-0.25, -0.2) is 4.68 Å². The Labute approximate surface area is 208 Å². The summed E-state index contributed by atoms with van der Waals surface area (Å²) in [6.45, 7) is 1.46. The largest absolute Gasteiger partial charge is 0.471 e. The van der Waals surface area contributed by atoms with Crippen LogP contribution in [0.25, 0.3) is 16.6 Å². The van der Waals surface area contributed by atoms with Crippen molar-refractivity contribution in [2.75, 3.05) is 5.32 Å². The lowest BCUT2D eigenvalue weighted by atomic mass is 10.1. The molecule has 0 bridgehead atoms. The second-order valence-corrected chi connectivity index (χ2v) is 7.81. The minimum Gasteiger partial charge on any atom is -0.344 e. The summed E-state index contributed by atoms with van der Waals surface area (Å²) < 4.78 is 38.9. The van der Waals surface area contributed by atoms with Crippen LogP contribution in [-0.4, -0.2) is 32.8 Å². The number of nitrogens with one attached hydrogen (secondary N) is 2. The zero-order valence-corrected chi connectivity index (χ0v) is 19.6. The number of alkyl halides is 3. The normalized spacial score (nSPS) is 11.1. The number of halogens is 5. The number of aryl methyl sites for hydroxylation is 1. The Kier molecular flexibility index (Phi) is 7.67. The number of fused-ring (bicyclic) bond motifs is 1. The molecule has 12 heteroatoms. The number of carbonyl (C=O) groups is 2. The maximum atomic E-state index is 12.9. The number of hydrogen-bond donors (Lipinski definition) is 2. The van der Waals surface area contributed by atoms with Gasteiger partial charge in [0, 0.05) is 17.6 Å². The Balaban J connectivity index is 0.00000342. The van der Waals surface area contributed by atoms with E-state index >= 15 is 0 Å². The van der Waals surface area contributed by atoms with Crippen molar-refractivity contribution in [2.24, 2.45) is 0 Å². The van der Waals surface area contributed by atoms with Crippen molar-refractivity contribution in [1.82, 2.24) is 20.1 Å². The molecule has 7 nitrogen and oxygen atoms in total. The highest BCUT2D eigenvalue weighted by atomic mass is 35.5. The number of hydrogen-bond acceptors (Lipinski definition) is 4. The van der Waals surface area contributed by atoms with Gasteiger partial charge in [-0.05, 0) is 48.9 Å². The second-order valence-electron chi connectivity index (χ2n) is 7.40. The molecule has 0 unspecified atom stereocenters. The summed E-state index contributed by atoms with van der Waals surface area (Å²) in [6, 6.07) is 13.2. The van der Waals surface area contributed by atoms with Crippen molar-refractivity contribution in [3.8, 4) is 5.69 Å². The van der Waals surface area contributed by atoms with Crippen LogP contribution in [0.2, 0.25) is 5.02 Å². The van der Waals surface area contributed by atoms with Crippen molar-refractivity contribution in [3.05, 3.63) is 82.8 Å². The van der Waals surface area contributed by atoms with Gasteiger partial charge in [-0.3, -0.25) is 14.6 Å². The van der Waals surface area contributed by atoms with Gasteiger partial charge in [0.1, 0.15) is 0 Å². The monoisotopic (exact) mass is 523 g/mol. The number of rotatable bonds is 5. The maximum absolute atomic E-state index is 12.9. The van der Waals surface area contributed by atoms with Gasteiger partial charge in [0.05, 0.1) is 39.9 Å². The van der Waals surface area contributed by atoms with Gasteiger partial charge in [0.2, 0.25) is 0 Å². The Morgan fingerprint density at radius 2 is 1.86 bits per heavy atom. The predicted octanol–water partition coefficient (Wildman–Crippen LogP) is 5.23. The second kappa shape index (κ2) is 10.3. The average molecular weight is 524 g/mol. The molecule has 0 spiro atoms. The molecule has 2 aromatic carbocycles. The summed E-state index contributed by atoms with van der Waals surface area (Å²) in [5.74, 6) is -2.63. The Hall–Kier alpha value is -3.63. The molecule has 2 N–H and O–H groups in total. The van der Waals surface area contributed by atoms with E-state index in [2.05, 4.69) is 15.4 Å². The van der Waals surface area contributed by atoms with E-state index in [1.807, 2.05) is 25.1 Å². The van der Waals surface area contributed by atoms with Crippen LogP contribution in [0.5, 0.6) is 0 Å². The first kappa shape index (κ1) is 26.0. The number of benzene rings is 2. The number of anilines is 1. The molecule has 35 heavy (non-hydrogen) atoms. The number of aromatic nitrogens is 3. The van der Waals surface area contributed by atoms with Gasteiger partial charge in [0.15, 0.2) is 0 Å². The molecule has 2 heterocycles. The van der Waals surface area contributed by atoms with Crippen LogP contribution >= 0.6 is 24.0 Å². The van der Waals surface area contributed by atoms with Gasteiger partial charge in [-0.1, -0.05) is 23.7 Å². The van der Waals surface area contributed by atoms with Gasteiger partial charge in [-0.2, -0.15) is 18.3 Å². The first-order chi connectivity index (χ1) is 16.1. The summed E-state index contributed by atoms with van der Waals surface area (Å²) >= 11 is 6.16. The molecule has 2 amide bonds. The number of amides is 2. The molecule has 0 aliphatic rings. The smallest absolute Gasteiger partial charge is 0.344 e. The number of pyridine rings is 1. The number of carbonyl (C=O) groups excluding carboxylic acids is 2. The minimum absolute atomic E-state index is 0. The molecule has 4 rings (SSSR count). The fourth-order valence-corrected chi connectivity index (χ4v) is 3.48. The summed E-state index contributed by atoms with van der Waals surface area (Å²) in [5, 5.41) is 9.71. The minimum atomic E-state index is -5.00. The lowest BCUT2D eigenvalue weighted by molar-refractivity contribution is -0.173. The van der Waals surface area contributed by atoms with Gasteiger partial charge in [-0.15, -0.1) is 12.4 Å². The van der Waals surface area contributed by atoms with E-state index in [1.54, 1.807) is 34.5 Å². The third-order valence-electron chi connectivity index (χ3n) is 4.99. The summed E-state index contributed by atoms with van der Waals surface area (Å²) in [6.07, 6.45) is -1.70. The summed E-state index contributed by atoms with van der Waals surface area (Å²) in [7, 11) is 0. The van der Waals surface area contributed by atoms with Gasteiger partial charge >= 0.3 is 12.1 Å². The lowest BCUT2D eigenvalue weighted by Crippen LogP contribution is -2.36. The fraction of sp³-hybridized carbons (Fsp3) is 0.130. The van der Waals surface area contributed by atoms with Crippen LogP contribution in [0.4, 0.5) is 18.9 Å². The molecule has 0 aliphatic heterocycles. The van der Waals surface area contributed by atoms with Crippen molar-refractivity contribution in [3.63, 3.8) is 0 Å². The third kappa shape index (κ3) is 5.72. The van der Waals surface area contributed by atoms with Gasteiger partial charge < -0.3 is 10.6 Å². The van der Waals surface area contributed by atoms with E-state index in [0.717, 1.165) is 16.9 Å². The van der Waals surface area contributed by atoms with Crippen LogP contribution in [0.3, 0.4) is 0 Å². The molecule has 2 aromatic heterocycles. The van der Waals surface area contributed by atoms with E-state index in [4.69, 9.17) is 11.6 Å². The Morgan fingerprint density at radius 3 is 2.54 bits per heavy atom. The molecule has 0 saturated heterocycles. The maximum Gasteiger partial charge on any atom is 0.471 e. The lowest BCUT2D eigenvalue weighted by Gasteiger charge is -2.11. The van der Waals surface area contributed by atoms with Crippen molar-refractivity contribution >= 4 is 52.4 Å². The molecule has 0 fully saturated rings. The van der Waals surface area contributed by atoms with Crippen LogP contribution in [0, 0.1) is 6.92 Å². The quantitative estimate of drug-likeness (QED) is 0.374. The molecular weight excluding hydrogens is 506 g/mol. The molecule has 0 saturated carbocycles. The number of nitrogens with zero attached hydrogens (tertiary/aromatic N) is 3. The first-order valence-corrected chi connectivity index (χ1v) is 10.4. The van der Waals surface area contributed by atoms with Crippen molar-refractivity contribution in [1.29, 1.82) is 0 Å². The average Bonchev–Trinajstić information content (AvgIpc) is 3.23. The molecule has 0 aliphatic carbocycles. The van der Waals surface area contributed by atoms with Crippen LogP contribution < -0.4 is 10.6 Å². The third-order valence-corrected chi connectivity index (χ3v) is 5.32. The SMILES string of the molecule is Cc1ccc(-n2ncc3c(NC(=O)c4cc(CNC(=O)C(F)(F)F)ccc4Cl)cccc32)cn1.Cl. The topological polar surface area (TPSA) is 88.9 Å². The highest BCUT2D eigenvalue weighted by molar-refractivity contribution is 6.34. The van der Waals surface area contributed by atoms with E-state index in [9.17, 15) is 22.8 Å². The molecule has 4 aromatic rings. The standard InChI is InChI=1S/C23H17ClF3N5O2.ClH/c1-13-5-7-15(11-28-13)32-20-4-2-3-19(17(20)12-30-32)31-21(33)16-9-14(6-8-18(16)24)10-29-22(34)23(25,26)27;/h2-9,11-12H,10H2,1H3,(H,29,34)(H,31,33);1H. The molecule has 0 radical (unpaired) electrons. The summed E-state index contributed by atoms with van der Waals surface area (Å²) in [5.41, 5.74) is 3.16. The van der Waals surface area contributed by atoms with Crippen LogP contribution in [-0.2, 0) is 11.3 Å². The van der Waals surface area contributed by atoms with Crippen LogP contribution in [0.1, 0.15) is 21.6 Å². The predicted molar refractivity (Wildman–Crippen MR) is 128 cm³/mol. The first-order valence-electron chi connectivity index (χ1n) is 9.98. The highest BCUT2D eigenvalue weighted by Gasteiger charge is 2.38. The zero-order valence-electron chi connectivity index (χ0n) is 18.1. The van der Waals surface area contributed by atoms with Crippen molar-refractivity contribution < 1.29 is 22.8 Å². The van der Waals surface area contributed by atoms with E-state index in [-0.39, 0.29) is 28.6 Å². The highest BCUT2D eigenvalue weighted by Crippen LogP contribution is 2.27. The van der Waals surface area contributed by atoms with E-state index < -0.39 is 24.5 Å². The summed E-state index contributed by atoms with van der Waals surface area (Å²) in [4.78, 5) is 28.3. The molecule has 182 valence electrons. The van der Waals surface area contributed by atoms with Crippen LogP contribution in [0.15, 0.2) is 60.9 Å². The van der Waals surface area contributed by atoms with Gasteiger partial charge in [0.25, 0.3) is 5.91 Å². The zero-order chi connectivity index (χ0) is 24.5. The van der Waals surface area contributed by atoms with E-state index in [1.165, 1.54) is 18.2 Å². The molecule has 0 atom stereocenters. The Bertz CT molecular complexity index is 1390. The Morgan fingerprint density at radius 1 is 1.09 bits per heavy atom. The fourth-order valence-electron chi connectivity index (χ4n) is 3.28. The molecular formula is C23H18Cl2F3N5O2. The van der Waals surface area contributed by atoms with Crippen molar-refractivity contribution in [2.45, 2.75) is 19.6 Å². The van der Waals surface area contributed by atoms with E-state index in [0.29, 0.717) is 11.1 Å².